The number of anilines is 1. The van der Waals surface area contributed by atoms with Gasteiger partial charge in [0.1, 0.15) is 5.82 Å². The Balaban J connectivity index is 1.93. The third-order valence-electron chi connectivity index (χ3n) is 3.81. The standard InChI is InChI=1S/C15H19FN2O3/c1-9-2-3-10(6-9)8-17-15(21)18-13-7-11(16)4-5-12(13)14(19)20/h4-5,7,9-10H,2-3,6,8H2,1H3,(H,19,20)(H2,17,18,21). The van der Waals surface area contributed by atoms with Crippen LogP contribution >= 0.6 is 0 Å². The van der Waals surface area contributed by atoms with Crippen LogP contribution in [0.5, 0.6) is 0 Å². The number of carbonyl (C=O) groups is 2. The molecule has 1 aliphatic rings. The molecule has 2 unspecified atom stereocenters. The minimum atomic E-state index is -1.21. The molecule has 1 aliphatic carbocycles. The summed E-state index contributed by atoms with van der Waals surface area (Å²) in [6.07, 6.45) is 3.34. The van der Waals surface area contributed by atoms with Crippen molar-refractivity contribution in [1.29, 1.82) is 0 Å². The molecule has 1 fully saturated rings. The maximum Gasteiger partial charge on any atom is 0.337 e. The second-order valence-corrected chi connectivity index (χ2v) is 5.61. The Morgan fingerprint density at radius 3 is 2.76 bits per heavy atom. The van der Waals surface area contributed by atoms with E-state index in [0.29, 0.717) is 18.4 Å². The fourth-order valence-electron chi connectivity index (χ4n) is 2.72. The molecule has 114 valence electrons. The molecule has 0 spiro atoms. The number of hydrogen-bond acceptors (Lipinski definition) is 2. The SMILES string of the molecule is CC1CCC(CNC(=O)Nc2cc(F)ccc2C(=O)O)C1. The number of carboxylic acids is 1. The van der Waals surface area contributed by atoms with Crippen LogP contribution in [-0.4, -0.2) is 23.7 Å². The second kappa shape index (κ2) is 6.56. The molecular formula is C15H19FN2O3. The molecule has 1 saturated carbocycles. The number of hydrogen-bond donors (Lipinski definition) is 3. The highest BCUT2D eigenvalue weighted by atomic mass is 19.1. The van der Waals surface area contributed by atoms with E-state index in [2.05, 4.69) is 17.6 Å². The summed E-state index contributed by atoms with van der Waals surface area (Å²) in [6.45, 7) is 2.74. The van der Waals surface area contributed by atoms with Gasteiger partial charge in [-0.3, -0.25) is 0 Å². The van der Waals surface area contributed by atoms with Gasteiger partial charge in [-0.1, -0.05) is 13.3 Å². The molecular weight excluding hydrogens is 275 g/mol. The molecule has 5 nitrogen and oxygen atoms in total. The van der Waals surface area contributed by atoms with Crippen molar-refractivity contribution in [2.75, 3.05) is 11.9 Å². The maximum atomic E-state index is 13.2. The molecule has 1 aromatic carbocycles. The van der Waals surface area contributed by atoms with Crippen molar-refractivity contribution in [1.82, 2.24) is 5.32 Å². The highest BCUT2D eigenvalue weighted by Gasteiger charge is 2.21. The van der Waals surface area contributed by atoms with Crippen LogP contribution in [0, 0.1) is 17.7 Å². The summed E-state index contributed by atoms with van der Waals surface area (Å²) in [5, 5.41) is 14.1. The van der Waals surface area contributed by atoms with Gasteiger partial charge in [0.2, 0.25) is 0 Å². The summed E-state index contributed by atoms with van der Waals surface area (Å²) in [5.41, 5.74) is -0.180. The van der Waals surface area contributed by atoms with Gasteiger partial charge in [0.05, 0.1) is 11.3 Å². The van der Waals surface area contributed by atoms with Gasteiger partial charge >= 0.3 is 12.0 Å². The molecule has 1 aromatic rings. The normalized spacial score (nSPS) is 21.0. The average Bonchev–Trinajstić information content (AvgIpc) is 2.82. The smallest absolute Gasteiger partial charge is 0.337 e. The largest absolute Gasteiger partial charge is 0.478 e. The summed E-state index contributed by atoms with van der Waals surface area (Å²) in [7, 11) is 0. The van der Waals surface area contributed by atoms with Crippen molar-refractivity contribution in [3.63, 3.8) is 0 Å². The first-order valence-electron chi connectivity index (χ1n) is 7.03. The predicted octanol–water partition coefficient (Wildman–Crippen LogP) is 3.08. The number of amides is 2. The fraction of sp³-hybridized carbons (Fsp3) is 0.467. The Morgan fingerprint density at radius 2 is 2.14 bits per heavy atom. The molecule has 2 amide bonds. The van der Waals surface area contributed by atoms with Crippen molar-refractivity contribution in [2.24, 2.45) is 11.8 Å². The van der Waals surface area contributed by atoms with Gasteiger partial charge in [0.15, 0.2) is 0 Å². The summed E-state index contributed by atoms with van der Waals surface area (Å²) >= 11 is 0. The number of carbonyl (C=O) groups excluding carboxylic acids is 1. The lowest BCUT2D eigenvalue weighted by atomic mass is 10.1. The number of rotatable bonds is 4. The van der Waals surface area contributed by atoms with Crippen LogP contribution in [0.2, 0.25) is 0 Å². The highest BCUT2D eigenvalue weighted by Crippen LogP contribution is 2.29. The number of aromatic carboxylic acids is 1. The third-order valence-corrected chi connectivity index (χ3v) is 3.81. The van der Waals surface area contributed by atoms with Crippen LogP contribution in [0.4, 0.5) is 14.9 Å². The molecule has 2 rings (SSSR count). The number of urea groups is 1. The molecule has 3 N–H and O–H groups in total. The Bertz CT molecular complexity index is 548. The number of benzene rings is 1. The van der Waals surface area contributed by atoms with Crippen molar-refractivity contribution < 1.29 is 19.1 Å². The summed E-state index contributed by atoms with van der Waals surface area (Å²) in [5.74, 6) is -0.672. The number of carboxylic acid groups (broad SMARTS) is 1. The Labute approximate surface area is 122 Å². The van der Waals surface area contributed by atoms with Crippen molar-refractivity contribution in [3.05, 3.63) is 29.6 Å². The van der Waals surface area contributed by atoms with E-state index in [9.17, 15) is 14.0 Å². The predicted molar refractivity (Wildman–Crippen MR) is 76.9 cm³/mol. The van der Waals surface area contributed by atoms with E-state index in [4.69, 9.17) is 5.11 Å². The minimum absolute atomic E-state index is 0.0419. The lowest BCUT2D eigenvalue weighted by Crippen LogP contribution is -2.33. The molecule has 0 aromatic heterocycles. The zero-order valence-electron chi connectivity index (χ0n) is 11.9. The first kappa shape index (κ1) is 15.3. The molecule has 2 atom stereocenters. The second-order valence-electron chi connectivity index (χ2n) is 5.61. The molecule has 0 radical (unpaired) electrons. The van der Waals surface area contributed by atoms with Crippen LogP contribution in [-0.2, 0) is 0 Å². The van der Waals surface area contributed by atoms with Crippen LogP contribution in [0.3, 0.4) is 0 Å². The van der Waals surface area contributed by atoms with E-state index in [0.717, 1.165) is 31.0 Å². The van der Waals surface area contributed by atoms with Crippen molar-refractivity contribution in [2.45, 2.75) is 26.2 Å². The summed E-state index contributed by atoms with van der Waals surface area (Å²) in [6, 6.07) is 2.67. The Hall–Kier alpha value is -2.11. The van der Waals surface area contributed by atoms with Crippen LogP contribution in [0.1, 0.15) is 36.5 Å². The van der Waals surface area contributed by atoms with Crippen molar-refractivity contribution in [3.8, 4) is 0 Å². The summed E-state index contributed by atoms with van der Waals surface area (Å²) < 4.78 is 13.2. The molecule has 6 heteroatoms. The number of halogens is 1. The van der Waals surface area contributed by atoms with E-state index in [1.54, 1.807) is 0 Å². The average molecular weight is 294 g/mol. The van der Waals surface area contributed by atoms with Gasteiger partial charge in [0, 0.05) is 6.54 Å². The van der Waals surface area contributed by atoms with Gasteiger partial charge in [-0.25, -0.2) is 14.0 Å². The zero-order valence-corrected chi connectivity index (χ0v) is 11.9. The number of nitrogens with one attached hydrogen (secondary N) is 2. The quantitative estimate of drug-likeness (QED) is 0.798. The van der Waals surface area contributed by atoms with E-state index < -0.39 is 17.8 Å². The highest BCUT2D eigenvalue weighted by molar-refractivity contribution is 5.99. The first-order valence-corrected chi connectivity index (χ1v) is 7.03. The van der Waals surface area contributed by atoms with Gasteiger partial charge in [-0.2, -0.15) is 0 Å². The lowest BCUT2D eigenvalue weighted by molar-refractivity contribution is 0.0698. The van der Waals surface area contributed by atoms with E-state index in [1.807, 2.05) is 0 Å². The fourth-order valence-corrected chi connectivity index (χ4v) is 2.72. The lowest BCUT2D eigenvalue weighted by Gasteiger charge is -2.13. The van der Waals surface area contributed by atoms with Gasteiger partial charge in [-0.15, -0.1) is 0 Å². The summed E-state index contributed by atoms with van der Waals surface area (Å²) in [4.78, 5) is 22.8. The zero-order chi connectivity index (χ0) is 15.4. The Morgan fingerprint density at radius 1 is 1.38 bits per heavy atom. The van der Waals surface area contributed by atoms with E-state index in [-0.39, 0.29) is 11.3 Å². The molecule has 21 heavy (non-hydrogen) atoms. The monoisotopic (exact) mass is 294 g/mol. The maximum absolute atomic E-state index is 13.2. The minimum Gasteiger partial charge on any atom is -0.478 e. The van der Waals surface area contributed by atoms with E-state index in [1.165, 1.54) is 6.42 Å². The molecule has 0 heterocycles. The van der Waals surface area contributed by atoms with Crippen molar-refractivity contribution >= 4 is 17.7 Å². The Kier molecular flexibility index (Phi) is 4.77. The van der Waals surface area contributed by atoms with Gasteiger partial charge in [0.25, 0.3) is 0 Å². The van der Waals surface area contributed by atoms with Crippen LogP contribution < -0.4 is 10.6 Å². The van der Waals surface area contributed by atoms with E-state index >= 15 is 0 Å². The van der Waals surface area contributed by atoms with Gasteiger partial charge in [-0.05, 0) is 42.9 Å². The first-order chi connectivity index (χ1) is 9.95. The van der Waals surface area contributed by atoms with Crippen LogP contribution in [0.25, 0.3) is 0 Å². The molecule has 0 saturated heterocycles. The van der Waals surface area contributed by atoms with Crippen LogP contribution in [0.15, 0.2) is 18.2 Å². The third kappa shape index (κ3) is 4.18. The topological polar surface area (TPSA) is 78.4 Å². The molecule has 0 bridgehead atoms. The van der Waals surface area contributed by atoms with Gasteiger partial charge < -0.3 is 15.7 Å². The molecule has 0 aliphatic heterocycles.